The van der Waals surface area contributed by atoms with Gasteiger partial charge in [0.05, 0.1) is 0 Å². The molecule has 28 heavy (non-hydrogen) atoms. The van der Waals surface area contributed by atoms with Crippen LogP contribution in [-0.4, -0.2) is 13.2 Å². The van der Waals surface area contributed by atoms with Crippen LogP contribution >= 0.6 is 12.4 Å². The van der Waals surface area contributed by atoms with Crippen LogP contribution in [0.3, 0.4) is 0 Å². The van der Waals surface area contributed by atoms with Crippen LogP contribution in [0.25, 0.3) is 0 Å². The van der Waals surface area contributed by atoms with Crippen LogP contribution in [-0.2, 0) is 10.3 Å². The summed E-state index contributed by atoms with van der Waals surface area (Å²) < 4.78 is 6.28. The molecule has 1 fully saturated rings. The smallest absolute Gasteiger partial charge is 0.122 e. The molecule has 0 radical (unpaired) electrons. The van der Waals surface area contributed by atoms with Crippen molar-refractivity contribution in [1.29, 1.82) is 0 Å². The first-order chi connectivity index (χ1) is 13.2. The molecule has 1 aliphatic rings. The molecule has 0 bridgehead atoms. The van der Waals surface area contributed by atoms with Crippen molar-refractivity contribution in [3.05, 3.63) is 83.4 Å². The van der Waals surface area contributed by atoms with Gasteiger partial charge in [0, 0.05) is 19.1 Å². The molecule has 2 N–H and O–H groups in total. The summed E-state index contributed by atoms with van der Waals surface area (Å²) in [7, 11) is 1.81. The molecule has 2 atom stereocenters. The van der Waals surface area contributed by atoms with Crippen LogP contribution in [0, 0.1) is 5.92 Å². The van der Waals surface area contributed by atoms with Gasteiger partial charge in [-0.25, -0.2) is 0 Å². The predicted octanol–water partition coefficient (Wildman–Crippen LogP) is 6.24. The Balaban J connectivity index is 0.00000280. The zero-order valence-electron chi connectivity index (χ0n) is 17.1. The Kier molecular flexibility index (Phi) is 8.75. The van der Waals surface area contributed by atoms with Crippen molar-refractivity contribution < 1.29 is 4.74 Å². The minimum atomic E-state index is -0.549. The van der Waals surface area contributed by atoms with Crippen LogP contribution < -0.4 is 5.73 Å². The summed E-state index contributed by atoms with van der Waals surface area (Å²) in [5.74, 6) is 0.132. The van der Waals surface area contributed by atoms with E-state index < -0.39 is 5.60 Å². The molecular formula is C25H34ClNO. The number of rotatable bonds is 7. The second-order valence-electron chi connectivity index (χ2n) is 7.78. The number of halogens is 1. The van der Waals surface area contributed by atoms with Gasteiger partial charge in [-0.2, -0.15) is 0 Å². The van der Waals surface area contributed by atoms with Gasteiger partial charge in [-0.05, 0) is 43.2 Å². The Bertz CT molecular complexity index is 681. The van der Waals surface area contributed by atoms with E-state index in [4.69, 9.17) is 10.5 Å². The van der Waals surface area contributed by atoms with Crippen LogP contribution in [0.5, 0.6) is 0 Å². The average molecular weight is 400 g/mol. The molecule has 0 saturated heterocycles. The van der Waals surface area contributed by atoms with E-state index in [0.29, 0.717) is 0 Å². The third kappa shape index (κ3) is 4.86. The number of benzene rings is 2. The standard InChI is InChI=1S/C25H33NO.ClH/c1-20(24(26)19-18-21-12-6-3-7-13-21)25(27-2,22-14-8-4-9-15-22)23-16-10-5-11-17-23;/h4-5,8-11,14-18,20,24H,3,6-7,12-13,19,26H2,1-2H3;1H. The Morgan fingerprint density at radius 2 is 1.43 bits per heavy atom. The zero-order chi connectivity index (χ0) is 19.1. The first-order valence-corrected chi connectivity index (χ1v) is 10.3. The van der Waals surface area contributed by atoms with Gasteiger partial charge in [-0.3, -0.25) is 0 Å². The van der Waals surface area contributed by atoms with E-state index in [-0.39, 0.29) is 24.4 Å². The normalized spacial score (nSPS) is 16.8. The van der Waals surface area contributed by atoms with Gasteiger partial charge in [-0.1, -0.05) is 85.7 Å². The lowest BCUT2D eigenvalue weighted by molar-refractivity contribution is -0.0316. The van der Waals surface area contributed by atoms with Crippen LogP contribution in [0.1, 0.15) is 56.6 Å². The molecule has 0 heterocycles. The lowest BCUT2D eigenvalue weighted by atomic mass is 9.73. The number of methoxy groups -OCH3 is 1. The van der Waals surface area contributed by atoms with Gasteiger partial charge in [0.25, 0.3) is 0 Å². The van der Waals surface area contributed by atoms with Gasteiger partial charge in [0.1, 0.15) is 5.60 Å². The molecule has 0 spiro atoms. The third-order valence-corrected chi connectivity index (χ3v) is 6.19. The lowest BCUT2D eigenvalue weighted by Crippen LogP contribution is -2.46. The first kappa shape index (κ1) is 22.7. The minimum Gasteiger partial charge on any atom is -0.368 e. The van der Waals surface area contributed by atoms with Crippen LogP contribution in [0.15, 0.2) is 72.3 Å². The maximum atomic E-state index is 6.75. The van der Waals surface area contributed by atoms with Gasteiger partial charge in [-0.15, -0.1) is 12.4 Å². The largest absolute Gasteiger partial charge is 0.368 e. The molecule has 0 aliphatic heterocycles. The quantitative estimate of drug-likeness (QED) is 0.559. The van der Waals surface area contributed by atoms with E-state index in [9.17, 15) is 0 Å². The summed E-state index contributed by atoms with van der Waals surface area (Å²) in [6.07, 6.45) is 9.81. The van der Waals surface area contributed by atoms with Gasteiger partial charge in [0.15, 0.2) is 0 Å². The Morgan fingerprint density at radius 3 is 1.89 bits per heavy atom. The first-order valence-electron chi connectivity index (χ1n) is 10.3. The van der Waals surface area contributed by atoms with Crippen molar-refractivity contribution in [3.8, 4) is 0 Å². The highest BCUT2D eigenvalue weighted by Gasteiger charge is 2.42. The number of ether oxygens (including phenoxy) is 1. The number of nitrogens with two attached hydrogens (primary N) is 1. The van der Waals surface area contributed by atoms with Crippen LogP contribution in [0.4, 0.5) is 0 Å². The summed E-state index contributed by atoms with van der Waals surface area (Å²) >= 11 is 0. The van der Waals surface area contributed by atoms with Gasteiger partial charge < -0.3 is 10.5 Å². The molecule has 2 nitrogen and oxygen atoms in total. The van der Waals surface area contributed by atoms with E-state index in [1.54, 1.807) is 5.57 Å². The zero-order valence-corrected chi connectivity index (χ0v) is 18.0. The Labute approximate surface area is 176 Å². The molecule has 2 unspecified atom stereocenters. The number of hydrogen-bond acceptors (Lipinski definition) is 2. The van der Waals surface area contributed by atoms with Crippen molar-refractivity contribution in [2.75, 3.05) is 7.11 Å². The Hall–Kier alpha value is -1.61. The average Bonchev–Trinajstić information content (AvgIpc) is 2.75. The SMILES string of the molecule is COC(c1ccccc1)(c1ccccc1)C(C)C(N)CC=C1CCCCC1.Cl. The molecule has 3 heteroatoms. The highest BCUT2D eigenvalue weighted by atomic mass is 35.5. The van der Waals surface area contributed by atoms with Crippen molar-refractivity contribution in [1.82, 2.24) is 0 Å². The highest BCUT2D eigenvalue weighted by Crippen LogP contribution is 2.42. The molecule has 1 aliphatic carbocycles. The fraction of sp³-hybridized carbons (Fsp3) is 0.440. The molecule has 2 aromatic rings. The van der Waals surface area contributed by atoms with E-state index in [1.165, 1.54) is 32.1 Å². The summed E-state index contributed by atoms with van der Waals surface area (Å²) in [5, 5.41) is 0. The maximum Gasteiger partial charge on any atom is 0.122 e. The predicted molar refractivity (Wildman–Crippen MR) is 121 cm³/mol. The highest BCUT2D eigenvalue weighted by molar-refractivity contribution is 5.85. The Morgan fingerprint density at radius 1 is 0.929 bits per heavy atom. The fourth-order valence-corrected chi connectivity index (χ4v) is 4.50. The van der Waals surface area contributed by atoms with Gasteiger partial charge >= 0.3 is 0 Å². The van der Waals surface area contributed by atoms with E-state index in [2.05, 4.69) is 61.5 Å². The molecular weight excluding hydrogens is 366 g/mol. The van der Waals surface area contributed by atoms with Crippen molar-refractivity contribution in [3.63, 3.8) is 0 Å². The number of hydrogen-bond donors (Lipinski definition) is 1. The molecule has 0 amide bonds. The van der Waals surface area contributed by atoms with Crippen molar-refractivity contribution in [2.24, 2.45) is 11.7 Å². The van der Waals surface area contributed by atoms with Gasteiger partial charge in [0.2, 0.25) is 0 Å². The summed E-state index contributed by atoms with van der Waals surface area (Å²) in [6, 6.07) is 21.0. The third-order valence-electron chi connectivity index (χ3n) is 6.19. The second kappa shape index (κ2) is 10.8. The molecule has 0 aromatic heterocycles. The van der Waals surface area contributed by atoms with E-state index >= 15 is 0 Å². The van der Waals surface area contributed by atoms with E-state index in [0.717, 1.165) is 17.5 Å². The molecule has 2 aromatic carbocycles. The lowest BCUT2D eigenvalue weighted by Gasteiger charge is -2.41. The van der Waals surface area contributed by atoms with E-state index in [1.807, 2.05) is 19.2 Å². The number of allylic oxidation sites excluding steroid dienone is 1. The minimum absolute atomic E-state index is 0. The molecule has 3 rings (SSSR count). The molecule has 1 saturated carbocycles. The second-order valence-corrected chi connectivity index (χ2v) is 7.78. The monoisotopic (exact) mass is 399 g/mol. The van der Waals surface area contributed by atoms with Crippen molar-refractivity contribution in [2.45, 2.75) is 57.1 Å². The molecule has 152 valence electrons. The summed E-state index contributed by atoms with van der Waals surface area (Å²) in [4.78, 5) is 0. The topological polar surface area (TPSA) is 35.2 Å². The van der Waals surface area contributed by atoms with Crippen LogP contribution in [0.2, 0.25) is 0 Å². The summed E-state index contributed by atoms with van der Waals surface area (Å²) in [6.45, 7) is 2.23. The summed E-state index contributed by atoms with van der Waals surface area (Å²) in [5.41, 5.74) is 10.1. The van der Waals surface area contributed by atoms with Crippen molar-refractivity contribution >= 4 is 12.4 Å². The maximum absolute atomic E-state index is 6.75. The fourth-order valence-electron chi connectivity index (χ4n) is 4.50.